The first-order valence-corrected chi connectivity index (χ1v) is 6.50. The van der Waals surface area contributed by atoms with Crippen LogP contribution in [0.1, 0.15) is 26.7 Å². The average Bonchev–Trinajstić information content (AvgIpc) is 2.02. The van der Waals surface area contributed by atoms with Crippen LogP contribution in [0.4, 0.5) is 0 Å². The Balaban J connectivity index is 3.17. The minimum Gasteiger partial charge on any atom is -0.363 e. The van der Waals surface area contributed by atoms with Gasteiger partial charge >= 0.3 is 0 Å². The Kier molecular flexibility index (Phi) is 8.66. The van der Waals surface area contributed by atoms with Gasteiger partial charge in [-0.1, -0.05) is 0 Å². The number of hydrogen-bond donors (Lipinski definition) is 2. The number of hydrogen-bond acceptors (Lipinski definition) is 2. The second kappa shape index (κ2) is 8.63. The van der Waals surface area contributed by atoms with Crippen molar-refractivity contribution in [2.75, 3.05) is 18.6 Å². The normalized spacial score (nSPS) is 10.2. The number of rotatable bonds is 6. The quantitative estimate of drug-likeness (QED) is 0.528. The van der Waals surface area contributed by atoms with Gasteiger partial charge in [0, 0.05) is 12.6 Å². The summed E-state index contributed by atoms with van der Waals surface area (Å²) in [5.74, 6) is 1.24. The minimum atomic E-state index is 0.422. The third-order valence-corrected chi connectivity index (χ3v) is 2.44. The van der Waals surface area contributed by atoms with Gasteiger partial charge in [0.2, 0.25) is 0 Å². The zero-order valence-corrected chi connectivity index (χ0v) is 10.4. The molecule has 0 fully saturated rings. The highest BCUT2D eigenvalue weighted by molar-refractivity contribution is 7.98. The molecule has 0 heterocycles. The van der Waals surface area contributed by atoms with E-state index in [-0.39, 0.29) is 0 Å². The summed E-state index contributed by atoms with van der Waals surface area (Å²) in [6.07, 6.45) is 4.59. The molecule has 0 aliphatic heterocycles. The highest BCUT2D eigenvalue weighted by Crippen LogP contribution is 1.97. The summed E-state index contributed by atoms with van der Waals surface area (Å²) in [5, 5.41) is 7.11. The van der Waals surface area contributed by atoms with Crippen molar-refractivity contribution >= 4 is 29.1 Å². The molecular weight excluding hydrogens is 200 g/mol. The van der Waals surface area contributed by atoms with E-state index >= 15 is 0 Å². The predicted molar refractivity (Wildman–Crippen MR) is 66.5 cm³/mol. The molecule has 2 nitrogen and oxygen atoms in total. The molecule has 0 radical (unpaired) electrons. The summed E-state index contributed by atoms with van der Waals surface area (Å²) in [4.78, 5) is 0. The second-order valence-corrected chi connectivity index (χ2v) is 4.65. The summed E-state index contributed by atoms with van der Waals surface area (Å²) in [6.45, 7) is 5.16. The van der Waals surface area contributed by atoms with Crippen LogP contribution in [0.15, 0.2) is 0 Å². The predicted octanol–water partition coefficient (Wildman–Crippen LogP) is 2.00. The van der Waals surface area contributed by atoms with Crippen molar-refractivity contribution in [2.24, 2.45) is 0 Å². The molecule has 13 heavy (non-hydrogen) atoms. The molecule has 0 rings (SSSR count). The van der Waals surface area contributed by atoms with Crippen LogP contribution in [-0.4, -0.2) is 29.7 Å². The van der Waals surface area contributed by atoms with Crippen molar-refractivity contribution in [3.05, 3.63) is 0 Å². The molecule has 0 aliphatic rings. The third kappa shape index (κ3) is 9.96. The number of nitrogens with one attached hydrogen (secondary N) is 2. The fourth-order valence-electron chi connectivity index (χ4n) is 0.887. The van der Waals surface area contributed by atoms with Gasteiger partial charge in [-0.2, -0.15) is 11.8 Å². The topological polar surface area (TPSA) is 24.1 Å². The van der Waals surface area contributed by atoms with Crippen LogP contribution in [0.25, 0.3) is 0 Å². The van der Waals surface area contributed by atoms with Crippen molar-refractivity contribution < 1.29 is 0 Å². The van der Waals surface area contributed by atoms with Crippen LogP contribution in [0.3, 0.4) is 0 Å². The summed E-state index contributed by atoms with van der Waals surface area (Å²) < 4.78 is 0. The van der Waals surface area contributed by atoms with Crippen molar-refractivity contribution in [1.82, 2.24) is 10.6 Å². The SMILES string of the molecule is CSCCCCNC(=S)NC(C)C. The Bertz CT molecular complexity index is 138. The lowest BCUT2D eigenvalue weighted by Gasteiger charge is -2.12. The summed E-state index contributed by atoms with van der Waals surface area (Å²) in [7, 11) is 0. The van der Waals surface area contributed by atoms with Gasteiger partial charge in [0.15, 0.2) is 5.11 Å². The van der Waals surface area contributed by atoms with E-state index in [4.69, 9.17) is 12.2 Å². The van der Waals surface area contributed by atoms with E-state index in [9.17, 15) is 0 Å². The largest absolute Gasteiger partial charge is 0.363 e. The lowest BCUT2D eigenvalue weighted by molar-refractivity contribution is 0.695. The van der Waals surface area contributed by atoms with E-state index in [1.807, 2.05) is 11.8 Å². The Morgan fingerprint density at radius 1 is 1.38 bits per heavy atom. The van der Waals surface area contributed by atoms with Crippen molar-refractivity contribution in [2.45, 2.75) is 32.7 Å². The molecule has 2 N–H and O–H groups in total. The molecule has 0 atom stereocenters. The standard InChI is InChI=1S/C9H20N2S2/c1-8(2)11-9(12)10-6-4-5-7-13-3/h8H,4-7H2,1-3H3,(H2,10,11,12). The van der Waals surface area contributed by atoms with Gasteiger partial charge in [-0.3, -0.25) is 0 Å². The maximum absolute atomic E-state index is 5.08. The van der Waals surface area contributed by atoms with Gasteiger partial charge < -0.3 is 10.6 Å². The summed E-state index contributed by atoms with van der Waals surface area (Å²) in [6, 6.07) is 0.422. The minimum absolute atomic E-state index is 0.422. The summed E-state index contributed by atoms with van der Waals surface area (Å²) in [5.41, 5.74) is 0. The van der Waals surface area contributed by atoms with Gasteiger partial charge in [0.05, 0.1) is 0 Å². The van der Waals surface area contributed by atoms with E-state index in [0.717, 1.165) is 11.7 Å². The Morgan fingerprint density at radius 3 is 2.62 bits per heavy atom. The highest BCUT2D eigenvalue weighted by atomic mass is 32.2. The fraction of sp³-hybridized carbons (Fsp3) is 0.889. The molecule has 0 aromatic carbocycles. The molecule has 0 saturated heterocycles. The van der Waals surface area contributed by atoms with Gasteiger partial charge in [-0.25, -0.2) is 0 Å². The Morgan fingerprint density at radius 2 is 2.08 bits per heavy atom. The van der Waals surface area contributed by atoms with E-state index in [2.05, 4.69) is 30.7 Å². The van der Waals surface area contributed by atoms with E-state index < -0.39 is 0 Å². The fourth-order valence-corrected chi connectivity index (χ4v) is 1.72. The van der Waals surface area contributed by atoms with Gasteiger partial charge in [-0.15, -0.1) is 0 Å². The van der Waals surface area contributed by atoms with Crippen molar-refractivity contribution in [1.29, 1.82) is 0 Å². The number of thioether (sulfide) groups is 1. The smallest absolute Gasteiger partial charge is 0.166 e. The third-order valence-electron chi connectivity index (χ3n) is 1.48. The maximum atomic E-state index is 5.08. The lowest BCUT2D eigenvalue weighted by Crippen LogP contribution is -2.39. The van der Waals surface area contributed by atoms with E-state index in [1.165, 1.54) is 18.6 Å². The van der Waals surface area contributed by atoms with Gasteiger partial charge in [0.1, 0.15) is 0 Å². The highest BCUT2D eigenvalue weighted by Gasteiger charge is 1.96. The first-order chi connectivity index (χ1) is 6.16. The average molecular weight is 220 g/mol. The first-order valence-electron chi connectivity index (χ1n) is 4.70. The molecule has 0 aliphatic carbocycles. The first kappa shape index (κ1) is 13.0. The monoisotopic (exact) mass is 220 g/mol. The number of unbranched alkanes of at least 4 members (excludes halogenated alkanes) is 1. The van der Waals surface area contributed by atoms with Gasteiger partial charge in [-0.05, 0) is 50.9 Å². The molecule has 0 aromatic heterocycles. The molecule has 0 saturated carbocycles. The molecule has 78 valence electrons. The molecule has 0 amide bonds. The van der Waals surface area contributed by atoms with Crippen molar-refractivity contribution in [3.8, 4) is 0 Å². The maximum Gasteiger partial charge on any atom is 0.166 e. The van der Waals surface area contributed by atoms with Crippen LogP contribution in [-0.2, 0) is 0 Å². The van der Waals surface area contributed by atoms with E-state index in [1.54, 1.807) is 0 Å². The molecule has 0 spiro atoms. The van der Waals surface area contributed by atoms with E-state index in [0.29, 0.717) is 6.04 Å². The van der Waals surface area contributed by atoms with Crippen LogP contribution in [0.5, 0.6) is 0 Å². The Hall–Kier alpha value is 0.0400. The molecule has 0 aromatic rings. The van der Waals surface area contributed by atoms with Crippen LogP contribution >= 0.6 is 24.0 Å². The zero-order chi connectivity index (χ0) is 10.1. The van der Waals surface area contributed by atoms with Crippen molar-refractivity contribution in [3.63, 3.8) is 0 Å². The molecular formula is C9H20N2S2. The summed E-state index contributed by atoms with van der Waals surface area (Å²) >= 11 is 6.98. The zero-order valence-electron chi connectivity index (χ0n) is 8.72. The number of thiocarbonyl (C=S) groups is 1. The van der Waals surface area contributed by atoms with Crippen LogP contribution in [0, 0.1) is 0 Å². The molecule has 0 unspecified atom stereocenters. The molecule has 4 heteroatoms. The lowest BCUT2D eigenvalue weighted by atomic mass is 10.3. The van der Waals surface area contributed by atoms with Crippen LogP contribution in [0.2, 0.25) is 0 Å². The second-order valence-electron chi connectivity index (χ2n) is 3.25. The van der Waals surface area contributed by atoms with Crippen LogP contribution < -0.4 is 10.6 Å². The molecule has 0 bridgehead atoms. The Labute approximate surface area is 91.2 Å². The van der Waals surface area contributed by atoms with Gasteiger partial charge in [0.25, 0.3) is 0 Å².